The zero-order valence-corrected chi connectivity index (χ0v) is 13.2. The highest BCUT2D eigenvalue weighted by Gasteiger charge is 2.41. The Morgan fingerprint density at radius 3 is 2.53 bits per heavy atom. The third kappa shape index (κ3) is 6.73. The summed E-state index contributed by atoms with van der Waals surface area (Å²) in [5, 5.41) is 3.65. The van der Waals surface area contributed by atoms with Crippen molar-refractivity contribution in [3.05, 3.63) is 0 Å². The van der Waals surface area contributed by atoms with E-state index in [2.05, 4.69) is 19.2 Å². The maximum Gasteiger partial charge on any atom is 0.0468 e. The van der Waals surface area contributed by atoms with E-state index in [0.29, 0.717) is 5.41 Å². The fraction of sp³-hybridized carbons (Fsp3) is 1.00. The normalized spacial score (nSPS) is 18.8. The Morgan fingerprint density at radius 2 is 2.00 bits per heavy atom. The predicted molar refractivity (Wildman–Crippen MR) is 82.3 cm³/mol. The molecule has 3 nitrogen and oxygen atoms in total. The van der Waals surface area contributed by atoms with Gasteiger partial charge in [0, 0.05) is 20.3 Å². The van der Waals surface area contributed by atoms with Gasteiger partial charge in [0.05, 0.1) is 0 Å². The smallest absolute Gasteiger partial charge is 0.0468 e. The molecule has 0 aromatic heterocycles. The number of nitrogens with two attached hydrogens (primary N) is 1. The Labute approximate surface area is 119 Å². The highest BCUT2D eigenvalue weighted by atomic mass is 16.5. The summed E-state index contributed by atoms with van der Waals surface area (Å²) in [6.07, 6.45) is 7.75. The summed E-state index contributed by atoms with van der Waals surface area (Å²) in [6, 6.07) is 0. The van der Waals surface area contributed by atoms with E-state index in [4.69, 9.17) is 10.5 Å². The van der Waals surface area contributed by atoms with Gasteiger partial charge in [-0.3, -0.25) is 0 Å². The van der Waals surface area contributed by atoms with Crippen molar-refractivity contribution in [1.29, 1.82) is 0 Å². The molecule has 0 aromatic carbocycles. The Morgan fingerprint density at radius 1 is 1.26 bits per heavy atom. The summed E-state index contributed by atoms with van der Waals surface area (Å²) >= 11 is 0. The van der Waals surface area contributed by atoms with Gasteiger partial charge in [-0.05, 0) is 68.9 Å². The van der Waals surface area contributed by atoms with Gasteiger partial charge in [0.1, 0.15) is 0 Å². The molecule has 3 N–H and O–H groups in total. The number of ether oxygens (including phenoxy) is 1. The van der Waals surface area contributed by atoms with Crippen molar-refractivity contribution in [1.82, 2.24) is 5.32 Å². The first-order valence-electron chi connectivity index (χ1n) is 8.03. The quantitative estimate of drug-likeness (QED) is 0.536. The molecule has 114 valence electrons. The Bertz CT molecular complexity index is 227. The summed E-state index contributed by atoms with van der Waals surface area (Å²) in [5.74, 6) is 1.57. The minimum absolute atomic E-state index is 0.574. The highest BCUT2D eigenvalue weighted by molar-refractivity contribution is 4.94. The summed E-state index contributed by atoms with van der Waals surface area (Å²) in [4.78, 5) is 0. The third-order valence-electron chi connectivity index (χ3n) is 4.70. The molecule has 0 amide bonds. The van der Waals surface area contributed by atoms with Crippen LogP contribution in [-0.2, 0) is 4.74 Å². The highest BCUT2D eigenvalue weighted by Crippen LogP contribution is 2.48. The van der Waals surface area contributed by atoms with Crippen molar-refractivity contribution in [2.24, 2.45) is 23.0 Å². The number of rotatable bonds is 12. The van der Waals surface area contributed by atoms with Gasteiger partial charge in [0.25, 0.3) is 0 Å². The van der Waals surface area contributed by atoms with E-state index in [-0.39, 0.29) is 0 Å². The van der Waals surface area contributed by atoms with E-state index in [0.717, 1.165) is 31.5 Å². The first-order valence-corrected chi connectivity index (χ1v) is 8.03. The van der Waals surface area contributed by atoms with E-state index in [1.165, 1.54) is 45.1 Å². The van der Waals surface area contributed by atoms with Crippen LogP contribution in [0.15, 0.2) is 0 Å². The van der Waals surface area contributed by atoms with Crippen LogP contribution >= 0.6 is 0 Å². The molecule has 0 radical (unpaired) electrons. The van der Waals surface area contributed by atoms with Crippen LogP contribution in [0.5, 0.6) is 0 Å². The topological polar surface area (TPSA) is 47.3 Å². The molecule has 0 bridgehead atoms. The van der Waals surface area contributed by atoms with Crippen molar-refractivity contribution >= 4 is 0 Å². The van der Waals surface area contributed by atoms with Crippen LogP contribution in [0, 0.1) is 17.3 Å². The van der Waals surface area contributed by atoms with Crippen LogP contribution in [-0.4, -0.2) is 33.4 Å². The van der Waals surface area contributed by atoms with Gasteiger partial charge in [-0.2, -0.15) is 0 Å². The van der Waals surface area contributed by atoms with Crippen LogP contribution < -0.4 is 11.1 Å². The number of hydrogen-bond donors (Lipinski definition) is 2. The van der Waals surface area contributed by atoms with E-state index in [1.807, 2.05) is 0 Å². The van der Waals surface area contributed by atoms with Crippen LogP contribution in [0.3, 0.4) is 0 Å². The Kier molecular flexibility index (Phi) is 7.96. The summed E-state index contributed by atoms with van der Waals surface area (Å²) in [6.45, 7) is 8.71. The second-order valence-electron chi connectivity index (χ2n) is 6.64. The molecule has 19 heavy (non-hydrogen) atoms. The van der Waals surface area contributed by atoms with Gasteiger partial charge < -0.3 is 15.8 Å². The van der Waals surface area contributed by atoms with Gasteiger partial charge in [-0.1, -0.05) is 13.8 Å². The molecule has 1 fully saturated rings. The molecular weight excluding hydrogens is 236 g/mol. The fourth-order valence-corrected chi connectivity index (χ4v) is 2.88. The molecule has 1 atom stereocenters. The molecule has 0 aromatic rings. The second-order valence-corrected chi connectivity index (χ2v) is 6.64. The van der Waals surface area contributed by atoms with Gasteiger partial charge in [-0.15, -0.1) is 0 Å². The first kappa shape index (κ1) is 16.9. The molecule has 0 spiro atoms. The van der Waals surface area contributed by atoms with Crippen LogP contribution in [0.1, 0.15) is 52.4 Å². The lowest BCUT2D eigenvalue weighted by Gasteiger charge is -2.20. The molecule has 0 aliphatic heterocycles. The molecule has 1 saturated carbocycles. The monoisotopic (exact) mass is 270 g/mol. The maximum absolute atomic E-state index is 5.68. The molecule has 3 heteroatoms. The van der Waals surface area contributed by atoms with E-state index < -0.39 is 0 Å². The van der Waals surface area contributed by atoms with Gasteiger partial charge in [-0.25, -0.2) is 0 Å². The van der Waals surface area contributed by atoms with Crippen LogP contribution in [0.25, 0.3) is 0 Å². The number of methoxy groups -OCH3 is 1. The lowest BCUT2D eigenvalue weighted by Crippen LogP contribution is -2.26. The van der Waals surface area contributed by atoms with Crippen molar-refractivity contribution in [3.8, 4) is 0 Å². The lowest BCUT2D eigenvalue weighted by molar-refractivity contribution is 0.171. The van der Waals surface area contributed by atoms with Gasteiger partial charge in [0.2, 0.25) is 0 Å². The van der Waals surface area contributed by atoms with Crippen LogP contribution in [0.4, 0.5) is 0 Å². The minimum atomic E-state index is 0.574. The minimum Gasteiger partial charge on any atom is -0.385 e. The Hall–Kier alpha value is -0.120. The Balaban J connectivity index is 2.04. The molecule has 0 saturated heterocycles. The molecule has 1 unspecified atom stereocenters. The van der Waals surface area contributed by atoms with E-state index in [9.17, 15) is 0 Å². The summed E-state index contributed by atoms with van der Waals surface area (Å²) < 4.78 is 5.19. The lowest BCUT2D eigenvalue weighted by atomic mass is 9.88. The average Bonchev–Trinajstić information content (AvgIpc) is 3.15. The van der Waals surface area contributed by atoms with E-state index in [1.54, 1.807) is 7.11 Å². The van der Waals surface area contributed by atoms with Gasteiger partial charge >= 0.3 is 0 Å². The molecule has 1 aliphatic rings. The third-order valence-corrected chi connectivity index (χ3v) is 4.70. The SMILES string of the molecule is COCCC1(CNCCCC(CCN)C(C)C)CC1. The van der Waals surface area contributed by atoms with Gasteiger partial charge in [0.15, 0.2) is 0 Å². The standard InChI is InChI=1S/C16H34N2O/c1-14(2)15(6-10-17)5-4-11-18-13-16(7-8-16)9-12-19-3/h14-15,18H,4-13,17H2,1-3H3. The van der Waals surface area contributed by atoms with Crippen molar-refractivity contribution in [2.45, 2.75) is 52.4 Å². The fourth-order valence-electron chi connectivity index (χ4n) is 2.88. The zero-order chi connectivity index (χ0) is 14.1. The second kappa shape index (κ2) is 8.93. The molecule has 1 rings (SSSR count). The van der Waals surface area contributed by atoms with Crippen molar-refractivity contribution in [3.63, 3.8) is 0 Å². The number of nitrogens with one attached hydrogen (secondary N) is 1. The predicted octanol–water partition coefficient (Wildman–Crippen LogP) is 2.79. The van der Waals surface area contributed by atoms with Crippen molar-refractivity contribution in [2.75, 3.05) is 33.4 Å². The largest absolute Gasteiger partial charge is 0.385 e. The van der Waals surface area contributed by atoms with E-state index >= 15 is 0 Å². The number of hydrogen-bond acceptors (Lipinski definition) is 3. The zero-order valence-electron chi connectivity index (χ0n) is 13.2. The molecule has 1 aliphatic carbocycles. The molecule has 0 heterocycles. The summed E-state index contributed by atoms with van der Waals surface area (Å²) in [7, 11) is 1.80. The molecular formula is C16H34N2O. The summed E-state index contributed by atoms with van der Waals surface area (Å²) in [5.41, 5.74) is 6.26. The maximum atomic E-state index is 5.68. The van der Waals surface area contributed by atoms with Crippen LogP contribution in [0.2, 0.25) is 0 Å². The van der Waals surface area contributed by atoms with Crippen molar-refractivity contribution < 1.29 is 4.74 Å². The first-order chi connectivity index (χ1) is 9.13. The average molecular weight is 270 g/mol.